The van der Waals surface area contributed by atoms with Crippen molar-refractivity contribution in [2.24, 2.45) is 0 Å². The summed E-state index contributed by atoms with van der Waals surface area (Å²) in [7, 11) is 0. The third-order valence-corrected chi connectivity index (χ3v) is 14.6. The molecule has 0 fully saturated rings. The highest BCUT2D eigenvalue weighted by Gasteiger charge is 2.02. The molecular formula is C75H160O25. The van der Waals surface area contributed by atoms with Gasteiger partial charge in [0.2, 0.25) is 0 Å². The summed E-state index contributed by atoms with van der Waals surface area (Å²) in [5.74, 6) is -3.30. The summed E-state index contributed by atoms with van der Waals surface area (Å²) in [6.07, 6.45) is 52.6. The number of carboxylic acids is 5. The van der Waals surface area contributed by atoms with Crippen molar-refractivity contribution in [2.45, 2.75) is 386 Å². The fourth-order valence-corrected chi connectivity index (χ4v) is 8.22. The Morgan fingerprint density at radius 3 is 0.310 bits per heavy atom. The van der Waals surface area contributed by atoms with Crippen LogP contribution >= 0.6 is 0 Å². The van der Waals surface area contributed by atoms with Gasteiger partial charge in [-0.15, -0.1) is 0 Å². The smallest absolute Gasteiger partial charge is 0.303 e. The highest BCUT2D eigenvalue weighted by atomic mass is 16.4. The van der Waals surface area contributed by atoms with Crippen LogP contribution in [0.4, 0.5) is 0 Å². The Balaban J connectivity index is -0.000000115. The fourth-order valence-electron chi connectivity index (χ4n) is 8.22. The summed E-state index contributed by atoms with van der Waals surface area (Å²) < 4.78 is 0. The normalized spacial score (nSPS) is 10.2. The fraction of sp³-hybridized carbons (Fsp3) is 0.933. The van der Waals surface area contributed by atoms with Crippen molar-refractivity contribution in [1.82, 2.24) is 0 Å². The van der Waals surface area contributed by atoms with Gasteiger partial charge in [0.25, 0.3) is 0 Å². The summed E-state index contributed by atoms with van der Waals surface area (Å²) in [5, 5.41) is 162. The van der Waals surface area contributed by atoms with Crippen LogP contribution in [-0.2, 0) is 24.0 Å². The van der Waals surface area contributed by atoms with Crippen molar-refractivity contribution < 1.29 is 126 Å². The van der Waals surface area contributed by atoms with Crippen LogP contribution in [-0.4, -0.2) is 229 Å². The van der Waals surface area contributed by atoms with Crippen molar-refractivity contribution in [1.29, 1.82) is 0 Å². The first-order chi connectivity index (χ1) is 47.9. The molecule has 20 N–H and O–H groups in total. The molecular weight excluding hydrogens is 1300 g/mol. The summed E-state index contributed by atoms with van der Waals surface area (Å²) >= 11 is 0. The molecule has 0 heterocycles. The predicted molar refractivity (Wildman–Crippen MR) is 398 cm³/mol. The van der Waals surface area contributed by atoms with Crippen LogP contribution in [0.1, 0.15) is 356 Å². The van der Waals surface area contributed by atoms with E-state index >= 15 is 0 Å². The molecule has 100 heavy (non-hydrogen) atoms. The first kappa shape index (κ1) is 118. The zero-order valence-corrected chi connectivity index (χ0v) is 63.8. The number of rotatable bonds is 60. The van der Waals surface area contributed by atoms with Crippen LogP contribution in [0, 0.1) is 0 Å². The molecule has 0 spiro atoms. The van der Waals surface area contributed by atoms with E-state index in [1.807, 2.05) is 0 Å². The van der Waals surface area contributed by atoms with Crippen molar-refractivity contribution in [3.63, 3.8) is 0 Å². The Bertz CT molecular complexity index is 1210. The Morgan fingerprint density at radius 1 is 0.170 bits per heavy atom. The minimum atomic E-state index is -0.954. The number of carboxylic acid groups (broad SMARTS) is 5. The van der Waals surface area contributed by atoms with Gasteiger partial charge in [0.05, 0.1) is 66.1 Å². The Hall–Kier alpha value is -3.25. The highest BCUT2D eigenvalue weighted by Crippen LogP contribution is 2.15. The van der Waals surface area contributed by atoms with Crippen LogP contribution < -0.4 is 0 Å². The van der Waals surface area contributed by atoms with E-state index in [0.717, 1.165) is 64.2 Å². The largest absolute Gasteiger partial charge is 0.481 e. The van der Waals surface area contributed by atoms with Gasteiger partial charge in [-0.05, 0) is 32.1 Å². The second kappa shape index (κ2) is 114. The van der Waals surface area contributed by atoms with E-state index in [4.69, 9.17) is 102 Å². The molecule has 0 aromatic rings. The van der Waals surface area contributed by atoms with E-state index in [-0.39, 0.29) is 66.1 Å². The highest BCUT2D eigenvalue weighted by molar-refractivity contribution is 5.67. The van der Waals surface area contributed by atoms with Crippen LogP contribution in [0.15, 0.2) is 0 Å². The standard InChI is InChI=1S/5C12H24O2.5C3H8O3/c5*1-2-3-4-5-6-7-8-9-10-11-12(13)14;5*4-1-3(6)2-5/h5*2-11H2,1H3,(H,13,14);5*3-6H,1-2H2. The molecule has 0 unspecified atom stereocenters. The van der Waals surface area contributed by atoms with Crippen molar-refractivity contribution in [3.8, 4) is 0 Å². The summed E-state index contributed by atoms with van der Waals surface area (Å²) in [6, 6.07) is 0. The molecule has 0 aromatic heterocycles. The monoisotopic (exact) mass is 1460 g/mol. The molecule has 0 bridgehead atoms. The lowest BCUT2D eigenvalue weighted by Crippen LogP contribution is -2.15. The number of unbranched alkanes of at least 4 members (excludes halogenated alkanes) is 40. The molecule has 0 rings (SSSR count). The van der Waals surface area contributed by atoms with Crippen LogP contribution in [0.5, 0.6) is 0 Å². The van der Waals surface area contributed by atoms with Gasteiger partial charge in [0, 0.05) is 32.1 Å². The molecule has 0 saturated heterocycles. The average Bonchev–Trinajstić information content (AvgIpc) is 3.82. The molecule has 0 aliphatic rings. The minimum Gasteiger partial charge on any atom is -0.481 e. The Morgan fingerprint density at radius 2 is 0.250 bits per heavy atom. The Kier molecular flexibility index (Phi) is 135. The zero-order chi connectivity index (χ0) is 78.2. The van der Waals surface area contributed by atoms with E-state index in [1.165, 1.54) is 225 Å². The molecule has 0 amide bonds. The van der Waals surface area contributed by atoms with Crippen LogP contribution in [0.2, 0.25) is 0 Å². The number of aliphatic hydroxyl groups is 15. The lowest BCUT2D eigenvalue weighted by Gasteiger charge is -2.00. The van der Waals surface area contributed by atoms with Gasteiger partial charge in [-0.1, -0.05) is 291 Å². The van der Waals surface area contributed by atoms with Gasteiger partial charge in [-0.2, -0.15) is 0 Å². The summed E-state index contributed by atoms with van der Waals surface area (Å²) in [6.45, 7) is 7.49. The lowest BCUT2D eigenvalue weighted by atomic mass is 10.1. The maximum Gasteiger partial charge on any atom is 0.303 e. The SMILES string of the molecule is CCCCCCCCCCCC(=O)O.CCCCCCCCCCCC(=O)O.CCCCCCCCCCCC(=O)O.CCCCCCCCCCCC(=O)O.CCCCCCCCCCCC(=O)O.OCC(O)CO.OCC(O)CO.OCC(O)CO.OCC(O)CO.OCC(O)CO. The number of aliphatic carboxylic acids is 5. The lowest BCUT2D eigenvalue weighted by molar-refractivity contribution is -0.138. The second-order valence-corrected chi connectivity index (χ2v) is 25.0. The molecule has 0 aromatic carbocycles. The van der Waals surface area contributed by atoms with Gasteiger partial charge >= 0.3 is 29.8 Å². The first-order valence-electron chi connectivity index (χ1n) is 38.5. The third kappa shape index (κ3) is 162. The molecule has 0 aliphatic heterocycles. The molecule has 0 atom stereocenters. The molecule has 0 saturated carbocycles. The van der Waals surface area contributed by atoms with Crippen molar-refractivity contribution in [2.75, 3.05) is 66.1 Å². The first-order valence-corrected chi connectivity index (χ1v) is 38.5. The maximum absolute atomic E-state index is 10.2. The Labute approximate surface area is 605 Å². The van der Waals surface area contributed by atoms with Gasteiger partial charge in [0.15, 0.2) is 0 Å². The predicted octanol–water partition coefficient (Wildman–Crippen LogP) is 11.6. The van der Waals surface area contributed by atoms with E-state index in [2.05, 4.69) is 34.6 Å². The topological polar surface area (TPSA) is 490 Å². The molecule has 25 nitrogen and oxygen atoms in total. The van der Waals surface area contributed by atoms with Gasteiger partial charge < -0.3 is 102 Å². The van der Waals surface area contributed by atoms with Gasteiger partial charge in [-0.25, -0.2) is 0 Å². The van der Waals surface area contributed by atoms with Crippen molar-refractivity contribution >= 4 is 29.8 Å². The van der Waals surface area contributed by atoms with Crippen LogP contribution in [0.25, 0.3) is 0 Å². The van der Waals surface area contributed by atoms with E-state index < -0.39 is 60.4 Å². The van der Waals surface area contributed by atoms with Gasteiger partial charge in [-0.3, -0.25) is 24.0 Å². The summed E-state index contributed by atoms with van der Waals surface area (Å²) in [5.41, 5.74) is 0. The molecule has 0 radical (unpaired) electrons. The second-order valence-electron chi connectivity index (χ2n) is 25.0. The number of hydrogen-bond donors (Lipinski definition) is 20. The molecule has 0 aliphatic carbocycles. The van der Waals surface area contributed by atoms with E-state index in [0.29, 0.717) is 32.1 Å². The quantitative estimate of drug-likeness (QED) is 0.0251. The van der Waals surface area contributed by atoms with Gasteiger partial charge in [0.1, 0.15) is 30.5 Å². The average molecular weight is 1460 g/mol. The number of carbonyl (C=O) groups is 5. The summed E-state index contributed by atoms with van der Waals surface area (Å²) in [4.78, 5) is 51.0. The number of aliphatic hydroxyl groups excluding tert-OH is 15. The van der Waals surface area contributed by atoms with E-state index in [1.54, 1.807) is 0 Å². The number of hydrogen-bond acceptors (Lipinski definition) is 20. The zero-order valence-electron chi connectivity index (χ0n) is 63.8. The van der Waals surface area contributed by atoms with E-state index in [9.17, 15) is 24.0 Å². The minimum absolute atomic E-state index is 0.343. The van der Waals surface area contributed by atoms with Crippen molar-refractivity contribution in [3.05, 3.63) is 0 Å². The molecule has 25 heteroatoms. The van der Waals surface area contributed by atoms with Crippen LogP contribution in [0.3, 0.4) is 0 Å². The molecule has 610 valence electrons. The third-order valence-electron chi connectivity index (χ3n) is 14.6. The maximum atomic E-state index is 10.2.